The predicted octanol–water partition coefficient (Wildman–Crippen LogP) is 3.57. The van der Waals surface area contributed by atoms with Crippen molar-refractivity contribution in [3.63, 3.8) is 0 Å². The number of rotatable bonds is 4. The van der Waals surface area contributed by atoms with Crippen LogP contribution in [0.1, 0.15) is 18.9 Å². The Labute approximate surface area is 120 Å². The van der Waals surface area contributed by atoms with E-state index in [1.54, 1.807) is 17.1 Å². The standard InChI is InChI=1S/C13H15BrClN3/c1-2-11(16)5-9-3-4-12(6-13(9)14)18-8-10(15)7-17-18/h3-4,6-8,11H,2,5,16H2,1H3. The molecule has 5 heteroatoms. The van der Waals surface area contributed by atoms with Gasteiger partial charge >= 0.3 is 0 Å². The Bertz CT molecular complexity index is 539. The Balaban J connectivity index is 2.24. The third-order valence-electron chi connectivity index (χ3n) is 2.86. The van der Waals surface area contributed by atoms with Gasteiger partial charge in [-0.05, 0) is 30.5 Å². The molecule has 18 heavy (non-hydrogen) atoms. The van der Waals surface area contributed by atoms with E-state index < -0.39 is 0 Å². The molecule has 0 bridgehead atoms. The third-order valence-corrected chi connectivity index (χ3v) is 3.79. The second-order valence-corrected chi connectivity index (χ2v) is 5.54. The highest BCUT2D eigenvalue weighted by Crippen LogP contribution is 2.22. The molecule has 0 spiro atoms. The molecule has 1 atom stereocenters. The van der Waals surface area contributed by atoms with Gasteiger partial charge in [-0.25, -0.2) is 4.68 Å². The molecule has 0 amide bonds. The first-order valence-corrected chi connectivity index (χ1v) is 7.01. The zero-order valence-electron chi connectivity index (χ0n) is 10.1. The number of nitrogens with two attached hydrogens (primary N) is 1. The lowest BCUT2D eigenvalue weighted by molar-refractivity contribution is 0.645. The number of nitrogens with zero attached hydrogens (tertiary/aromatic N) is 2. The second-order valence-electron chi connectivity index (χ2n) is 4.25. The average molecular weight is 329 g/mol. The summed E-state index contributed by atoms with van der Waals surface area (Å²) in [6.07, 6.45) is 5.25. The van der Waals surface area contributed by atoms with E-state index >= 15 is 0 Å². The monoisotopic (exact) mass is 327 g/mol. The molecule has 1 aromatic carbocycles. The number of benzene rings is 1. The summed E-state index contributed by atoms with van der Waals surface area (Å²) < 4.78 is 2.80. The Morgan fingerprint density at radius 2 is 2.28 bits per heavy atom. The summed E-state index contributed by atoms with van der Waals surface area (Å²) in [6, 6.07) is 6.32. The number of hydrogen-bond acceptors (Lipinski definition) is 2. The van der Waals surface area contributed by atoms with Crippen molar-refractivity contribution in [3.05, 3.63) is 45.7 Å². The lowest BCUT2D eigenvalue weighted by Crippen LogP contribution is -2.21. The minimum Gasteiger partial charge on any atom is -0.327 e. The van der Waals surface area contributed by atoms with Crippen molar-refractivity contribution in [2.45, 2.75) is 25.8 Å². The summed E-state index contributed by atoms with van der Waals surface area (Å²) >= 11 is 9.44. The first-order chi connectivity index (χ1) is 8.60. The molecule has 0 saturated carbocycles. The van der Waals surface area contributed by atoms with Gasteiger partial charge in [-0.2, -0.15) is 5.10 Å². The molecular weight excluding hydrogens is 314 g/mol. The van der Waals surface area contributed by atoms with Crippen molar-refractivity contribution in [3.8, 4) is 5.69 Å². The van der Waals surface area contributed by atoms with Crippen LogP contribution in [-0.4, -0.2) is 15.8 Å². The summed E-state index contributed by atoms with van der Waals surface area (Å²) in [6.45, 7) is 2.10. The molecule has 0 saturated heterocycles. The Morgan fingerprint density at radius 1 is 1.50 bits per heavy atom. The van der Waals surface area contributed by atoms with Crippen molar-refractivity contribution in [2.75, 3.05) is 0 Å². The van der Waals surface area contributed by atoms with Gasteiger partial charge in [-0.1, -0.05) is 40.5 Å². The normalized spacial score (nSPS) is 12.7. The molecule has 2 N–H and O–H groups in total. The van der Waals surface area contributed by atoms with Gasteiger partial charge in [-0.3, -0.25) is 0 Å². The molecule has 0 aliphatic rings. The SMILES string of the molecule is CCC(N)Cc1ccc(-n2cc(Cl)cn2)cc1Br. The van der Waals surface area contributed by atoms with Gasteiger partial charge < -0.3 is 5.73 Å². The van der Waals surface area contributed by atoms with Gasteiger partial charge in [0.2, 0.25) is 0 Å². The Kier molecular flexibility index (Phi) is 4.43. The van der Waals surface area contributed by atoms with Crippen LogP contribution >= 0.6 is 27.5 Å². The predicted molar refractivity (Wildman–Crippen MR) is 78.2 cm³/mol. The zero-order chi connectivity index (χ0) is 13.1. The molecule has 0 aliphatic carbocycles. The first-order valence-electron chi connectivity index (χ1n) is 5.84. The molecular formula is C13H15BrClN3. The van der Waals surface area contributed by atoms with E-state index in [1.165, 1.54) is 5.56 Å². The minimum atomic E-state index is 0.200. The number of hydrogen-bond donors (Lipinski definition) is 1. The average Bonchev–Trinajstić information content (AvgIpc) is 2.78. The molecule has 1 heterocycles. The van der Waals surface area contributed by atoms with Crippen molar-refractivity contribution >= 4 is 27.5 Å². The van der Waals surface area contributed by atoms with Crippen LogP contribution in [0.15, 0.2) is 35.1 Å². The highest BCUT2D eigenvalue weighted by atomic mass is 79.9. The van der Waals surface area contributed by atoms with Crippen LogP contribution in [0.25, 0.3) is 5.69 Å². The fourth-order valence-electron chi connectivity index (χ4n) is 1.71. The van der Waals surface area contributed by atoms with Crippen LogP contribution in [0.2, 0.25) is 5.02 Å². The van der Waals surface area contributed by atoms with Crippen molar-refractivity contribution in [1.82, 2.24) is 9.78 Å². The van der Waals surface area contributed by atoms with Crippen LogP contribution in [0.4, 0.5) is 0 Å². The highest BCUT2D eigenvalue weighted by Gasteiger charge is 2.07. The molecule has 0 radical (unpaired) electrons. The molecule has 2 rings (SSSR count). The molecule has 0 aliphatic heterocycles. The Morgan fingerprint density at radius 3 is 2.83 bits per heavy atom. The fraction of sp³-hybridized carbons (Fsp3) is 0.308. The molecule has 1 unspecified atom stereocenters. The summed E-state index contributed by atoms with van der Waals surface area (Å²) in [4.78, 5) is 0. The van der Waals surface area contributed by atoms with Crippen LogP contribution < -0.4 is 5.73 Å². The van der Waals surface area contributed by atoms with Gasteiger partial charge in [0.15, 0.2) is 0 Å². The molecule has 96 valence electrons. The first kappa shape index (κ1) is 13.6. The zero-order valence-corrected chi connectivity index (χ0v) is 12.4. The number of halogens is 2. The van der Waals surface area contributed by atoms with Gasteiger partial charge in [0.1, 0.15) is 0 Å². The molecule has 0 fully saturated rings. The maximum Gasteiger partial charge on any atom is 0.0790 e. The topological polar surface area (TPSA) is 43.8 Å². The van der Waals surface area contributed by atoms with Crippen molar-refractivity contribution in [1.29, 1.82) is 0 Å². The number of aromatic nitrogens is 2. The largest absolute Gasteiger partial charge is 0.327 e. The van der Waals surface area contributed by atoms with Gasteiger partial charge in [-0.15, -0.1) is 0 Å². The van der Waals surface area contributed by atoms with E-state index in [9.17, 15) is 0 Å². The van der Waals surface area contributed by atoms with Crippen LogP contribution in [0.5, 0.6) is 0 Å². The highest BCUT2D eigenvalue weighted by molar-refractivity contribution is 9.10. The quantitative estimate of drug-likeness (QED) is 0.932. The van der Waals surface area contributed by atoms with Crippen LogP contribution in [0, 0.1) is 0 Å². The van der Waals surface area contributed by atoms with Gasteiger partial charge in [0, 0.05) is 16.7 Å². The summed E-state index contributed by atoms with van der Waals surface area (Å²) in [7, 11) is 0. The Hall–Kier alpha value is -0.840. The maximum atomic E-state index is 5.97. The van der Waals surface area contributed by atoms with E-state index in [1.807, 2.05) is 12.1 Å². The summed E-state index contributed by atoms with van der Waals surface area (Å²) in [5.74, 6) is 0. The molecule has 3 nitrogen and oxygen atoms in total. The van der Waals surface area contributed by atoms with E-state index in [4.69, 9.17) is 17.3 Å². The van der Waals surface area contributed by atoms with Crippen molar-refractivity contribution < 1.29 is 0 Å². The van der Waals surface area contributed by atoms with Crippen LogP contribution in [0.3, 0.4) is 0 Å². The van der Waals surface area contributed by atoms with Crippen LogP contribution in [-0.2, 0) is 6.42 Å². The van der Waals surface area contributed by atoms with Gasteiger partial charge in [0.05, 0.1) is 16.9 Å². The lowest BCUT2D eigenvalue weighted by Gasteiger charge is -2.11. The van der Waals surface area contributed by atoms with E-state index in [-0.39, 0.29) is 6.04 Å². The maximum absolute atomic E-state index is 5.97. The van der Waals surface area contributed by atoms with Gasteiger partial charge in [0.25, 0.3) is 0 Å². The lowest BCUT2D eigenvalue weighted by atomic mass is 10.0. The van der Waals surface area contributed by atoms with Crippen molar-refractivity contribution in [2.24, 2.45) is 5.73 Å². The second kappa shape index (κ2) is 5.87. The smallest absolute Gasteiger partial charge is 0.0790 e. The fourth-order valence-corrected chi connectivity index (χ4v) is 2.38. The summed E-state index contributed by atoms with van der Waals surface area (Å²) in [5.41, 5.74) is 8.16. The van der Waals surface area contributed by atoms with E-state index in [2.05, 4.69) is 34.0 Å². The van der Waals surface area contributed by atoms with E-state index in [0.29, 0.717) is 5.02 Å². The summed E-state index contributed by atoms with van der Waals surface area (Å²) in [5, 5.41) is 4.80. The molecule has 1 aromatic heterocycles. The van der Waals surface area contributed by atoms with E-state index in [0.717, 1.165) is 23.0 Å². The molecule has 2 aromatic rings. The minimum absolute atomic E-state index is 0.200. The third kappa shape index (κ3) is 3.13.